The first kappa shape index (κ1) is 23.0. The van der Waals surface area contributed by atoms with Gasteiger partial charge >= 0.3 is 5.97 Å². The van der Waals surface area contributed by atoms with Gasteiger partial charge in [0.25, 0.3) is 0 Å². The Balaban J connectivity index is 2.68. The fraction of sp³-hybridized carbons (Fsp3) is 0.480. The van der Waals surface area contributed by atoms with Gasteiger partial charge in [-0.2, -0.15) is 0 Å². The van der Waals surface area contributed by atoms with Gasteiger partial charge in [0.2, 0.25) is 0 Å². The smallest absolute Gasteiger partial charge is 0.302 e. The Bertz CT molecular complexity index is 707. The molecule has 1 aliphatic carbocycles. The van der Waals surface area contributed by atoms with Crippen LogP contribution in [-0.2, 0) is 9.53 Å². The van der Waals surface area contributed by atoms with Crippen LogP contribution in [0, 0.1) is 5.41 Å². The van der Waals surface area contributed by atoms with Crippen LogP contribution < -0.4 is 0 Å². The number of allylic oxidation sites excluding steroid dienone is 11. The van der Waals surface area contributed by atoms with Gasteiger partial charge in [-0.15, -0.1) is 0 Å². The summed E-state index contributed by atoms with van der Waals surface area (Å²) in [6.07, 6.45) is 18.6. The summed E-state index contributed by atoms with van der Waals surface area (Å²) in [4.78, 5) is 10.8. The third kappa shape index (κ3) is 8.90. The van der Waals surface area contributed by atoms with Crippen molar-refractivity contribution in [3.05, 3.63) is 70.4 Å². The van der Waals surface area contributed by atoms with Crippen LogP contribution in [0.5, 0.6) is 0 Å². The largest absolute Gasteiger partial charge is 0.461 e. The fourth-order valence-electron chi connectivity index (χ4n) is 3.23. The van der Waals surface area contributed by atoms with E-state index in [1.807, 2.05) is 19.1 Å². The second-order valence-electron chi connectivity index (χ2n) is 8.24. The average molecular weight is 369 g/mol. The first-order valence-corrected chi connectivity index (χ1v) is 9.82. The highest BCUT2D eigenvalue weighted by molar-refractivity contribution is 5.66. The first-order chi connectivity index (χ1) is 12.6. The maximum absolute atomic E-state index is 10.8. The molecule has 27 heavy (non-hydrogen) atoms. The summed E-state index contributed by atoms with van der Waals surface area (Å²) < 4.78 is 4.97. The van der Waals surface area contributed by atoms with Gasteiger partial charge in [0.05, 0.1) is 0 Å². The molecule has 1 aliphatic rings. The van der Waals surface area contributed by atoms with Crippen LogP contribution in [0.2, 0.25) is 0 Å². The minimum atomic E-state index is -0.250. The summed E-state index contributed by atoms with van der Waals surface area (Å²) in [6.45, 7) is 14.9. The lowest BCUT2D eigenvalue weighted by Crippen LogP contribution is -2.19. The number of carbonyl (C=O) groups is 1. The van der Waals surface area contributed by atoms with Gasteiger partial charge in [0.15, 0.2) is 0 Å². The SMILES string of the molecule is CC(=O)OCC(C)=CC=C(C)C=CC=C(C)C=CC1=C(C)CCCC1(C)C. The van der Waals surface area contributed by atoms with E-state index in [1.165, 1.54) is 42.9 Å². The maximum atomic E-state index is 10.8. The lowest BCUT2D eigenvalue weighted by Gasteiger charge is -2.32. The lowest BCUT2D eigenvalue weighted by molar-refractivity contribution is -0.139. The summed E-state index contributed by atoms with van der Waals surface area (Å²) in [5.74, 6) is -0.250. The van der Waals surface area contributed by atoms with E-state index in [4.69, 9.17) is 4.74 Å². The van der Waals surface area contributed by atoms with Gasteiger partial charge in [-0.3, -0.25) is 4.79 Å². The predicted octanol–water partition coefficient (Wildman–Crippen LogP) is 7.03. The van der Waals surface area contributed by atoms with Gasteiger partial charge in [0.1, 0.15) is 6.61 Å². The van der Waals surface area contributed by atoms with Crippen molar-refractivity contribution >= 4 is 5.97 Å². The minimum Gasteiger partial charge on any atom is -0.461 e. The molecule has 0 amide bonds. The van der Waals surface area contributed by atoms with Gasteiger partial charge < -0.3 is 4.74 Å². The summed E-state index contributed by atoms with van der Waals surface area (Å²) >= 11 is 0. The van der Waals surface area contributed by atoms with Crippen molar-refractivity contribution < 1.29 is 9.53 Å². The molecule has 0 fully saturated rings. The Morgan fingerprint density at radius 2 is 1.70 bits per heavy atom. The van der Waals surface area contributed by atoms with Crippen LogP contribution in [0.15, 0.2) is 70.4 Å². The Kier molecular flexibility index (Phi) is 9.28. The van der Waals surface area contributed by atoms with E-state index >= 15 is 0 Å². The number of rotatable bonds is 7. The molecule has 0 unspecified atom stereocenters. The molecule has 0 bridgehead atoms. The van der Waals surface area contributed by atoms with Gasteiger partial charge in [-0.05, 0) is 63.5 Å². The van der Waals surface area contributed by atoms with Crippen molar-refractivity contribution in [3.8, 4) is 0 Å². The number of hydrogen-bond donors (Lipinski definition) is 0. The van der Waals surface area contributed by atoms with Gasteiger partial charge in [-0.1, -0.05) is 73.1 Å². The number of ether oxygens (including phenoxy) is 1. The summed E-state index contributed by atoms with van der Waals surface area (Å²) in [5, 5.41) is 0. The van der Waals surface area contributed by atoms with E-state index in [9.17, 15) is 4.79 Å². The van der Waals surface area contributed by atoms with E-state index in [0.717, 1.165) is 11.1 Å². The zero-order valence-electron chi connectivity index (χ0n) is 18.2. The predicted molar refractivity (Wildman–Crippen MR) is 117 cm³/mol. The molecule has 0 atom stereocenters. The zero-order valence-corrected chi connectivity index (χ0v) is 18.2. The van der Waals surface area contributed by atoms with Gasteiger partial charge in [0, 0.05) is 6.92 Å². The Hall–Kier alpha value is -2.09. The van der Waals surface area contributed by atoms with Crippen molar-refractivity contribution in [1.82, 2.24) is 0 Å². The average Bonchev–Trinajstić information content (AvgIpc) is 2.57. The van der Waals surface area contributed by atoms with Gasteiger partial charge in [-0.25, -0.2) is 0 Å². The quantitative estimate of drug-likeness (QED) is 0.356. The molecule has 0 spiro atoms. The molecule has 1 rings (SSSR count). The fourth-order valence-corrected chi connectivity index (χ4v) is 3.23. The Morgan fingerprint density at radius 3 is 2.33 bits per heavy atom. The highest BCUT2D eigenvalue weighted by atomic mass is 16.5. The molecule has 0 aromatic rings. The highest BCUT2D eigenvalue weighted by Gasteiger charge is 2.26. The van der Waals surface area contributed by atoms with E-state index in [0.29, 0.717) is 6.61 Å². The van der Waals surface area contributed by atoms with Crippen LogP contribution in [0.1, 0.15) is 67.7 Å². The van der Waals surface area contributed by atoms with Crippen LogP contribution in [0.3, 0.4) is 0 Å². The highest BCUT2D eigenvalue weighted by Crippen LogP contribution is 2.40. The van der Waals surface area contributed by atoms with Crippen molar-refractivity contribution in [2.24, 2.45) is 5.41 Å². The van der Waals surface area contributed by atoms with Crippen LogP contribution in [0.4, 0.5) is 0 Å². The lowest BCUT2D eigenvalue weighted by atomic mass is 9.72. The summed E-state index contributed by atoms with van der Waals surface area (Å²) in [6, 6.07) is 0. The van der Waals surface area contributed by atoms with Crippen molar-refractivity contribution in [3.63, 3.8) is 0 Å². The van der Waals surface area contributed by atoms with Crippen LogP contribution in [0.25, 0.3) is 0 Å². The molecule has 2 heteroatoms. The standard InChI is InChI=1S/C25H36O2/c1-19(13-14-21(3)18-27-23(5)26)10-8-11-20(2)15-16-24-22(4)12-9-17-25(24,6)7/h8,10-11,13-16H,9,12,17-18H2,1-7H3. The molecule has 0 saturated heterocycles. The van der Waals surface area contributed by atoms with E-state index in [1.54, 1.807) is 0 Å². The molecular weight excluding hydrogens is 332 g/mol. The molecule has 2 nitrogen and oxygen atoms in total. The number of hydrogen-bond acceptors (Lipinski definition) is 2. The topological polar surface area (TPSA) is 26.3 Å². The van der Waals surface area contributed by atoms with Crippen molar-refractivity contribution in [1.29, 1.82) is 0 Å². The molecule has 0 heterocycles. The molecule has 0 saturated carbocycles. The molecule has 148 valence electrons. The second-order valence-corrected chi connectivity index (χ2v) is 8.24. The van der Waals surface area contributed by atoms with Crippen LogP contribution in [-0.4, -0.2) is 12.6 Å². The van der Waals surface area contributed by atoms with E-state index < -0.39 is 0 Å². The molecule has 0 aromatic carbocycles. The molecule has 0 radical (unpaired) electrons. The van der Waals surface area contributed by atoms with E-state index in [2.05, 4.69) is 65.0 Å². The molecular formula is C25H36O2. The van der Waals surface area contributed by atoms with Crippen LogP contribution >= 0.6 is 0 Å². The van der Waals surface area contributed by atoms with E-state index in [-0.39, 0.29) is 11.4 Å². The number of esters is 1. The number of carbonyl (C=O) groups excluding carboxylic acids is 1. The molecule has 0 aliphatic heterocycles. The molecule has 0 N–H and O–H groups in total. The molecule has 0 aromatic heterocycles. The first-order valence-electron chi connectivity index (χ1n) is 9.82. The summed E-state index contributed by atoms with van der Waals surface area (Å²) in [7, 11) is 0. The normalized spacial score (nSPS) is 19.3. The monoisotopic (exact) mass is 368 g/mol. The second kappa shape index (κ2) is 10.9. The van der Waals surface area contributed by atoms with Crippen molar-refractivity contribution in [2.45, 2.75) is 67.7 Å². The maximum Gasteiger partial charge on any atom is 0.302 e. The third-order valence-corrected chi connectivity index (χ3v) is 4.91. The van der Waals surface area contributed by atoms with Crippen molar-refractivity contribution in [2.75, 3.05) is 6.61 Å². The Labute approximate surface area is 166 Å². The third-order valence-electron chi connectivity index (χ3n) is 4.91. The zero-order chi connectivity index (χ0) is 20.4. The summed E-state index contributed by atoms with van der Waals surface area (Å²) in [5.41, 5.74) is 6.71. The minimum absolute atomic E-state index is 0.250. The Morgan fingerprint density at radius 1 is 1.04 bits per heavy atom.